The number of carboxylic acids is 1. The number of ether oxygens (including phenoxy) is 1. The Morgan fingerprint density at radius 2 is 2.06 bits per heavy atom. The smallest absolute Gasteiger partial charge is 0.312 e. The van der Waals surface area contributed by atoms with Crippen molar-refractivity contribution in [2.24, 2.45) is 5.41 Å². The summed E-state index contributed by atoms with van der Waals surface area (Å²) >= 11 is 11.8. The van der Waals surface area contributed by atoms with Gasteiger partial charge in [0.1, 0.15) is 5.41 Å². The van der Waals surface area contributed by atoms with Gasteiger partial charge in [-0.15, -0.1) is 0 Å². The van der Waals surface area contributed by atoms with Gasteiger partial charge in [0.25, 0.3) is 0 Å². The van der Waals surface area contributed by atoms with E-state index in [0.29, 0.717) is 22.9 Å². The summed E-state index contributed by atoms with van der Waals surface area (Å²) in [5, 5.41) is 10.3. The molecule has 1 saturated carbocycles. The maximum atomic E-state index is 11.5. The zero-order valence-corrected chi connectivity index (χ0v) is 11.3. The maximum absolute atomic E-state index is 11.5. The lowest BCUT2D eigenvalue weighted by molar-refractivity contribution is -0.154. The van der Waals surface area contributed by atoms with E-state index >= 15 is 0 Å². The highest BCUT2D eigenvalue weighted by Gasteiger charge is 2.70. The van der Waals surface area contributed by atoms with Gasteiger partial charge in [-0.2, -0.15) is 0 Å². The predicted molar refractivity (Wildman–Crippen MR) is 68.0 cm³/mol. The molecule has 1 aromatic carbocycles. The number of hydrogen-bond acceptors (Lipinski definition) is 2. The third-order valence-electron chi connectivity index (χ3n) is 3.96. The molecule has 2 aliphatic heterocycles. The molecule has 0 amide bonds. The van der Waals surface area contributed by atoms with Crippen molar-refractivity contribution in [2.75, 3.05) is 0 Å². The van der Waals surface area contributed by atoms with Crippen molar-refractivity contribution >= 4 is 29.2 Å². The number of aliphatic carboxylic acids is 1. The van der Waals surface area contributed by atoms with Crippen LogP contribution in [0.15, 0.2) is 18.2 Å². The molecule has 1 aliphatic carbocycles. The molecule has 1 unspecified atom stereocenters. The highest BCUT2D eigenvalue weighted by Crippen LogP contribution is 2.67. The molecule has 3 fully saturated rings. The van der Waals surface area contributed by atoms with E-state index in [2.05, 4.69) is 0 Å². The second kappa shape index (κ2) is 3.62. The minimum atomic E-state index is -0.800. The fourth-order valence-electron chi connectivity index (χ4n) is 3.27. The average Bonchev–Trinajstić information content (AvgIpc) is 2.71. The van der Waals surface area contributed by atoms with Crippen molar-refractivity contribution in [1.82, 2.24) is 0 Å². The average molecular weight is 287 g/mol. The fraction of sp³-hybridized carbons (Fsp3) is 0.462. The zero-order valence-electron chi connectivity index (χ0n) is 9.74. The van der Waals surface area contributed by atoms with Gasteiger partial charge in [0.15, 0.2) is 0 Å². The van der Waals surface area contributed by atoms with E-state index in [1.165, 1.54) is 0 Å². The lowest BCUT2D eigenvalue weighted by atomic mass is 9.60. The van der Waals surface area contributed by atoms with Crippen LogP contribution in [0.4, 0.5) is 0 Å². The zero-order chi connectivity index (χ0) is 13.1. The van der Waals surface area contributed by atoms with Crippen LogP contribution in [0.2, 0.25) is 10.0 Å². The number of halogens is 2. The summed E-state index contributed by atoms with van der Waals surface area (Å²) in [6, 6.07) is 5.16. The highest BCUT2D eigenvalue weighted by molar-refractivity contribution is 6.42. The third kappa shape index (κ3) is 1.51. The Morgan fingerprint density at radius 3 is 2.61 bits per heavy atom. The minimum absolute atomic E-state index is 0.310. The first-order chi connectivity index (χ1) is 8.36. The van der Waals surface area contributed by atoms with E-state index in [1.807, 2.05) is 6.92 Å². The minimum Gasteiger partial charge on any atom is -0.481 e. The standard InChI is InChI=1S/C13H12Cl2O3/c1-12-5-13(6-12,11(16)17)10(18-12)7-2-3-8(14)9(15)4-7/h2-4,10H,5-6H2,1H3,(H,16,17). The van der Waals surface area contributed by atoms with Crippen molar-refractivity contribution in [3.05, 3.63) is 33.8 Å². The van der Waals surface area contributed by atoms with Crippen molar-refractivity contribution in [3.63, 3.8) is 0 Å². The van der Waals surface area contributed by atoms with E-state index in [1.54, 1.807) is 18.2 Å². The molecule has 2 saturated heterocycles. The van der Waals surface area contributed by atoms with Crippen LogP contribution in [0.3, 0.4) is 0 Å². The fourth-order valence-corrected chi connectivity index (χ4v) is 3.58. The van der Waals surface area contributed by atoms with Gasteiger partial charge in [-0.05, 0) is 37.5 Å². The van der Waals surface area contributed by atoms with Crippen LogP contribution in [0.5, 0.6) is 0 Å². The quantitative estimate of drug-likeness (QED) is 0.902. The molecule has 1 atom stereocenters. The largest absolute Gasteiger partial charge is 0.481 e. The molecular formula is C13H12Cl2O3. The van der Waals surface area contributed by atoms with Crippen LogP contribution < -0.4 is 0 Å². The summed E-state index contributed by atoms with van der Waals surface area (Å²) in [4.78, 5) is 11.5. The Balaban J connectivity index is 2.01. The molecule has 3 nitrogen and oxygen atoms in total. The molecule has 3 aliphatic rings. The molecule has 4 rings (SSSR count). The van der Waals surface area contributed by atoms with Crippen molar-refractivity contribution in [3.8, 4) is 0 Å². The Labute approximate surface area is 115 Å². The number of carbonyl (C=O) groups is 1. The van der Waals surface area contributed by atoms with E-state index in [9.17, 15) is 9.90 Å². The topological polar surface area (TPSA) is 46.5 Å². The van der Waals surface area contributed by atoms with Crippen LogP contribution in [0, 0.1) is 5.41 Å². The van der Waals surface area contributed by atoms with Gasteiger partial charge >= 0.3 is 5.97 Å². The number of carboxylic acid groups (broad SMARTS) is 1. The molecule has 1 aromatic rings. The van der Waals surface area contributed by atoms with Crippen LogP contribution in [0.25, 0.3) is 0 Å². The summed E-state index contributed by atoms with van der Waals surface area (Å²) in [5.74, 6) is -0.798. The molecule has 5 heteroatoms. The van der Waals surface area contributed by atoms with Crippen LogP contribution in [-0.2, 0) is 9.53 Å². The Kier molecular flexibility index (Phi) is 2.47. The first kappa shape index (κ1) is 12.3. The molecule has 0 radical (unpaired) electrons. The number of rotatable bonds is 2. The third-order valence-corrected chi connectivity index (χ3v) is 4.69. The molecule has 0 spiro atoms. The molecular weight excluding hydrogens is 275 g/mol. The molecule has 18 heavy (non-hydrogen) atoms. The summed E-state index contributed by atoms with van der Waals surface area (Å²) < 4.78 is 5.89. The van der Waals surface area contributed by atoms with Gasteiger partial charge in [-0.3, -0.25) is 4.79 Å². The number of benzene rings is 1. The summed E-state index contributed by atoms with van der Waals surface area (Å²) in [6.07, 6.45) is 0.676. The van der Waals surface area contributed by atoms with Crippen molar-refractivity contribution < 1.29 is 14.6 Å². The van der Waals surface area contributed by atoms with Gasteiger partial charge < -0.3 is 9.84 Å². The molecule has 2 heterocycles. The molecule has 1 N–H and O–H groups in total. The molecule has 2 bridgehead atoms. The van der Waals surface area contributed by atoms with Gasteiger partial charge in [0, 0.05) is 0 Å². The Hall–Kier alpha value is -0.770. The summed E-state index contributed by atoms with van der Waals surface area (Å²) in [5.41, 5.74) is -0.325. The predicted octanol–water partition coefficient (Wildman–Crippen LogP) is 3.69. The van der Waals surface area contributed by atoms with Gasteiger partial charge in [0.05, 0.1) is 21.8 Å². The Bertz CT molecular complexity index is 535. The van der Waals surface area contributed by atoms with Crippen molar-refractivity contribution in [2.45, 2.75) is 31.5 Å². The summed E-state index contributed by atoms with van der Waals surface area (Å²) in [6.45, 7) is 1.95. The van der Waals surface area contributed by atoms with Gasteiger partial charge in [0.2, 0.25) is 0 Å². The number of fused-ring (bicyclic) bond motifs is 1. The van der Waals surface area contributed by atoms with E-state index in [4.69, 9.17) is 27.9 Å². The summed E-state index contributed by atoms with van der Waals surface area (Å²) in [7, 11) is 0. The van der Waals surface area contributed by atoms with Gasteiger partial charge in [-0.1, -0.05) is 29.3 Å². The van der Waals surface area contributed by atoms with Gasteiger partial charge in [-0.25, -0.2) is 0 Å². The lowest BCUT2D eigenvalue weighted by Crippen LogP contribution is -2.47. The van der Waals surface area contributed by atoms with E-state index < -0.39 is 17.5 Å². The van der Waals surface area contributed by atoms with E-state index in [0.717, 1.165) is 5.56 Å². The SMILES string of the molecule is CC12CC(C(=O)O)(C1)C(c1ccc(Cl)c(Cl)c1)O2. The van der Waals surface area contributed by atoms with E-state index in [-0.39, 0.29) is 5.60 Å². The monoisotopic (exact) mass is 286 g/mol. The maximum Gasteiger partial charge on any atom is 0.312 e. The first-order valence-electron chi connectivity index (χ1n) is 5.73. The second-order valence-electron chi connectivity index (χ2n) is 5.44. The van der Waals surface area contributed by atoms with Crippen LogP contribution >= 0.6 is 23.2 Å². The lowest BCUT2D eigenvalue weighted by Gasteiger charge is -2.39. The first-order valence-corrected chi connectivity index (χ1v) is 6.48. The Morgan fingerprint density at radius 1 is 1.39 bits per heavy atom. The second-order valence-corrected chi connectivity index (χ2v) is 6.25. The molecule has 0 aromatic heterocycles. The molecule has 96 valence electrons. The highest BCUT2D eigenvalue weighted by atomic mass is 35.5. The van der Waals surface area contributed by atoms with Crippen molar-refractivity contribution in [1.29, 1.82) is 0 Å². The van der Waals surface area contributed by atoms with Crippen LogP contribution in [0.1, 0.15) is 31.4 Å². The normalized spacial score (nSPS) is 37.4. The number of hydrogen-bond donors (Lipinski definition) is 1. The van der Waals surface area contributed by atoms with Crippen LogP contribution in [-0.4, -0.2) is 16.7 Å².